The van der Waals surface area contributed by atoms with Crippen molar-refractivity contribution in [2.45, 2.75) is 25.5 Å². The number of hydrogen-bond donors (Lipinski definition) is 1. The highest BCUT2D eigenvalue weighted by atomic mass is 32.2. The van der Waals surface area contributed by atoms with E-state index < -0.39 is 21.7 Å². The Hall–Kier alpha value is -2.66. The minimum absolute atomic E-state index is 0.147. The van der Waals surface area contributed by atoms with Gasteiger partial charge < -0.3 is 15.2 Å². The predicted octanol–water partition coefficient (Wildman–Crippen LogP) is 1.92. The lowest BCUT2D eigenvalue weighted by Gasteiger charge is -2.30. The minimum Gasteiger partial charge on any atom is -0.473 e. The fraction of sp³-hybridized carbons (Fsp3) is 0.409. The molecule has 2 N–H and O–H groups in total. The van der Waals surface area contributed by atoms with Crippen LogP contribution in [0.4, 0.5) is 0 Å². The number of hydrogen-bond acceptors (Lipinski definition) is 8. The number of ether oxygens (including phenoxy) is 2. The van der Waals surface area contributed by atoms with Crippen molar-refractivity contribution in [1.29, 1.82) is 0 Å². The average Bonchev–Trinajstić information content (AvgIpc) is 2.76. The highest BCUT2D eigenvalue weighted by molar-refractivity contribution is 7.88. The lowest BCUT2D eigenvalue weighted by Crippen LogP contribution is -2.47. The summed E-state index contributed by atoms with van der Waals surface area (Å²) in [5.74, 6) is 0.328. The number of fused-ring (bicyclic) bond motifs is 1. The highest BCUT2D eigenvalue weighted by Crippen LogP contribution is 2.28. The number of rotatable bonds is 6. The lowest BCUT2D eigenvalue weighted by molar-refractivity contribution is -0.0252. The van der Waals surface area contributed by atoms with Crippen molar-refractivity contribution < 1.29 is 17.9 Å². The smallest absolute Gasteiger partial charge is 0.242 e. The molecule has 170 valence electrons. The first kappa shape index (κ1) is 22.5. The van der Waals surface area contributed by atoms with Crippen LogP contribution in [0.2, 0.25) is 0 Å². The molecule has 1 aliphatic heterocycles. The number of benzene rings is 1. The zero-order valence-electron chi connectivity index (χ0n) is 18.4. The van der Waals surface area contributed by atoms with Gasteiger partial charge in [0.05, 0.1) is 24.1 Å². The fourth-order valence-corrected chi connectivity index (χ4v) is 4.37. The van der Waals surface area contributed by atoms with Crippen LogP contribution in [-0.4, -0.2) is 66.3 Å². The normalized spacial score (nSPS) is 18.1. The molecule has 2 aromatic heterocycles. The third-order valence-corrected chi connectivity index (χ3v) is 6.60. The van der Waals surface area contributed by atoms with Crippen LogP contribution in [0.15, 0.2) is 42.7 Å². The van der Waals surface area contributed by atoms with Crippen molar-refractivity contribution >= 4 is 21.1 Å². The molecule has 32 heavy (non-hydrogen) atoms. The molecular formula is C22H27N5O4S. The maximum absolute atomic E-state index is 11.9. The summed E-state index contributed by atoms with van der Waals surface area (Å²) in [4.78, 5) is 13.4. The average molecular weight is 458 g/mol. The summed E-state index contributed by atoms with van der Waals surface area (Å²) in [6.07, 6.45) is 3.99. The molecule has 1 atom stereocenters. The van der Waals surface area contributed by atoms with Crippen molar-refractivity contribution in [3.8, 4) is 17.1 Å². The van der Waals surface area contributed by atoms with Crippen LogP contribution in [0.25, 0.3) is 22.3 Å². The summed E-state index contributed by atoms with van der Waals surface area (Å²) in [7, 11) is -3.28. The topological polar surface area (TPSA) is 121 Å². The quantitative estimate of drug-likeness (QED) is 0.596. The molecule has 0 bridgehead atoms. The number of morpholine rings is 1. The Morgan fingerprint density at radius 1 is 1.22 bits per heavy atom. The van der Waals surface area contributed by atoms with Gasteiger partial charge in [-0.3, -0.25) is 4.98 Å². The van der Waals surface area contributed by atoms with E-state index in [1.807, 2.05) is 44.2 Å². The summed E-state index contributed by atoms with van der Waals surface area (Å²) in [6, 6.07) is 9.75. The number of sulfonamides is 1. The van der Waals surface area contributed by atoms with Gasteiger partial charge in [-0.1, -0.05) is 24.3 Å². The Bertz CT molecular complexity index is 1210. The molecule has 3 heterocycles. The number of aromatic nitrogens is 3. The van der Waals surface area contributed by atoms with Crippen molar-refractivity contribution in [3.05, 3.63) is 48.3 Å². The zero-order valence-corrected chi connectivity index (χ0v) is 19.2. The highest BCUT2D eigenvalue weighted by Gasteiger charge is 2.27. The van der Waals surface area contributed by atoms with E-state index in [0.29, 0.717) is 35.8 Å². The first-order valence-corrected chi connectivity index (χ1v) is 12.2. The molecule has 3 aromatic rings. The van der Waals surface area contributed by atoms with E-state index in [0.717, 1.165) is 11.1 Å². The maximum atomic E-state index is 11.9. The standard InChI is InChI=1S/C22H27N5O4S/c1-22(2,23)16-6-4-15(5-7-16)18-12-19-20(25-9-8-24-19)21(26-18)31-14-17-13-27(10-11-30-17)32(3,28)29/h4-9,12,17H,10-11,13-14,23H2,1-3H3. The third-order valence-electron chi connectivity index (χ3n) is 5.33. The Labute approximate surface area is 187 Å². The first-order valence-electron chi connectivity index (χ1n) is 10.3. The molecule has 0 spiro atoms. The molecule has 0 amide bonds. The van der Waals surface area contributed by atoms with Crippen LogP contribution >= 0.6 is 0 Å². The van der Waals surface area contributed by atoms with Crippen LogP contribution < -0.4 is 10.5 Å². The predicted molar refractivity (Wildman–Crippen MR) is 122 cm³/mol. The molecule has 10 heteroatoms. The third kappa shape index (κ3) is 5.04. The number of nitrogens with zero attached hydrogens (tertiary/aromatic N) is 4. The van der Waals surface area contributed by atoms with Crippen molar-refractivity contribution in [2.24, 2.45) is 5.73 Å². The molecule has 9 nitrogen and oxygen atoms in total. The molecule has 0 saturated carbocycles. The zero-order chi connectivity index (χ0) is 22.9. The SMILES string of the molecule is CC(C)(N)c1ccc(-c2cc3nccnc3c(OCC3CN(S(C)(=O)=O)CCO3)n2)cc1. The van der Waals surface area contributed by atoms with Gasteiger partial charge >= 0.3 is 0 Å². The Morgan fingerprint density at radius 3 is 2.62 bits per heavy atom. The first-order chi connectivity index (χ1) is 15.1. The molecule has 1 fully saturated rings. The van der Waals surface area contributed by atoms with Crippen LogP contribution in [0.1, 0.15) is 19.4 Å². The van der Waals surface area contributed by atoms with Gasteiger partial charge in [-0.15, -0.1) is 0 Å². The van der Waals surface area contributed by atoms with Gasteiger partial charge in [0, 0.05) is 36.6 Å². The summed E-state index contributed by atoms with van der Waals surface area (Å²) in [5, 5.41) is 0. The minimum atomic E-state index is -3.28. The van der Waals surface area contributed by atoms with E-state index in [4.69, 9.17) is 15.2 Å². The Kier molecular flexibility index (Phi) is 6.13. The van der Waals surface area contributed by atoms with Gasteiger partial charge in [-0.05, 0) is 25.5 Å². The number of nitrogens with two attached hydrogens (primary N) is 1. The van der Waals surface area contributed by atoms with Crippen LogP contribution in [-0.2, 0) is 20.3 Å². The van der Waals surface area contributed by atoms with Gasteiger partial charge in [0.25, 0.3) is 0 Å². The van der Waals surface area contributed by atoms with Crippen molar-refractivity contribution in [1.82, 2.24) is 19.3 Å². The molecule has 4 rings (SSSR count). The van der Waals surface area contributed by atoms with Gasteiger partial charge in [0.2, 0.25) is 15.9 Å². The van der Waals surface area contributed by atoms with Gasteiger partial charge in [0.15, 0.2) is 5.52 Å². The fourth-order valence-electron chi connectivity index (χ4n) is 3.53. The monoisotopic (exact) mass is 457 g/mol. The molecule has 1 saturated heterocycles. The van der Waals surface area contributed by atoms with E-state index in [2.05, 4.69) is 15.0 Å². The van der Waals surface area contributed by atoms with Crippen LogP contribution in [0.5, 0.6) is 5.88 Å². The maximum Gasteiger partial charge on any atom is 0.242 e. The molecule has 1 aromatic carbocycles. The summed E-state index contributed by atoms with van der Waals surface area (Å²) in [5.41, 5.74) is 9.54. The molecule has 0 radical (unpaired) electrons. The molecule has 0 aliphatic carbocycles. The summed E-state index contributed by atoms with van der Waals surface area (Å²) < 4.78 is 36.8. The largest absolute Gasteiger partial charge is 0.473 e. The summed E-state index contributed by atoms with van der Waals surface area (Å²) >= 11 is 0. The van der Waals surface area contributed by atoms with Crippen LogP contribution in [0, 0.1) is 0 Å². The lowest BCUT2D eigenvalue weighted by atomic mass is 9.94. The second-order valence-electron chi connectivity index (χ2n) is 8.46. The van der Waals surface area contributed by atoms with E-state index in [1.165, 1.54) is 10.6 Å². The number of pyridine rings is 1. The van der Waals surface area contributed by atoms with Crippen LogP contribution in [0.3, 0.4) is 0 Å². The molecule has 1 aliphatic rings. The Morgan fingerprint density at radius 2 is 1.94 bits per heavy atom. The molecular weight excluding hydrogens is 430 g/mol. The van der Waals surface area contributed by atoms with Gasteiger partial charge in [0.1, 0.15) is 12.7 Å². The van der Waals surface area contributed by atoms with E-state index in [-0.39, 0.29) is 13.2 Å². The van der Waals surface area contributed by atoms with E-state index in [1.54, 1.807) is 12.4 Å². The van der Waals surface area contributed by atoms with E-state index in [9.17, 15) is 8.42 Å². The van der Waals surface area contributed by atoms with Crippen molar-refractivity contribution in [3.63, 3.8) is 0 Å². The summed E-state index contributed by atoms with van der Waals surface area (Å²) in [6.45, 7) is 4.95. The van der Waals surface area contributed by atoms with Gasteiger partial charge in [-0.2, -0.15) is 4.31 Å². The second kappa shape index (κ2) is 8.70. The van der Waals surface area contributed by atoms with E-state index >= 15 is 0 Å². The Balaban J connectivity index is 1.60. The van der Waals surface area contributed by atoms with Gasteiger partial charge in [-0.25, -0.2) is 18.4 Å². The molecule has 1 unspecified atom stereocenters. The van der Waals surface area contributed by atoms with Crippen molar-refractivity contribution in [2.75, 3.05) is 32.6 Å². The second-order valence-corrected chi connectivity index (χ2v) is 10.4.